The highest BCUT2D eigenvalue weighted by Crippen LogP contribution is 2.25. The SMILES string of the molecule is O=C(CCC[C@H](OCc1ccccc1)c1ccc(F)cc1)N[C@H](CO)c1ccccc1. The Bertz CT molecular complexity index is 916. The van der Waals surface area contributed by atoms with E-state index in [0.717, 1.165) is 16.7 Å². The summed E-state index contributed by atoms with van der Waals surface area (Å²) < 4.78 is 19.5. The maximum atomic E-state index is 13.3. The molecule has 3 aromatic carbocycles. The first-order valence-electron chi connectivity index (χ1n) is 10.5. The Morgan fingerprint density at radius 1 is 0.903 bits per heavy atom. The van der Waals surface area contributed by atoms with Crippen LogP contribution in [0.1, 0.15) is 48.1 Å². The van der Waals surface area contributed by atoms with Gasteiger partial charge in [0.2, 0.25) is 5.91 Å². The first-order chi connectivity index (χ1) is 15.2. The molecule has 2 atom stereocenters. The van der Waals surface area contributed by atoms with Gasteiger partial charge >= 0.3 is 0 Å². The van der Waals surface area contributed by atoms with E-state index in [9.17, 15) is 14.3 Å². The lowest BCUT2D eigenvalue weighted by atomic mass is 10.0. The molecule has 0 heterocycles. The predicted octanol–water partition coefficient (Wildman–Crippen LogP) is 5.10. The zero-order valence-corrected chi connectivity index (χ0v) is 17.4. The molecule has 0 aromatic heterocycles. The van der Waals surface area contributed by atoms with Gasteiger partial charge in [-0.25, -0.2) is 4.39 Å². The number of hydrogen-bond acceptors (Lipinski definition) is 3. The van der Waals surface area contributed by atoms with Crippen molar-refractivity contribution in [1.29, 1.82) is 0 Å². The Balaban J connectivity index is 1.55. The summed E-state index contributed by atoms with van der Waals surface area (Å²) in [6.45, 7) is 0.282. The molecule has 4 nitrogen and oxygen atoms in total. The van der Waals surface area contributed by atoms with Crippen molar-refractivity contribution in [3.8, 4) is 0 Å². The van der Waals surface area contributed by atoms with Crippen LogP contribution in [0, 0.1) is 5.82 Å². The number of amides is 1. The van der Waals surface area contributed by atoms with Crippen LogP contribution in [0.4, 0.5) is 4.39 Å². The van der Waals surface area contributed by atoms with Crippen molar-refractivity contribution in [2.24, 2.45) is 0 Å². The summed E-state index contributed by atoms with van der Waals surface area (Å²) in [4.78, 5) is 12.4. The number of ether oxygens (including phenoxy) is 1. The van der Waals surface area contributed by atoms with Gasteiger partial charge in [-0.15, -0.1) is 0 Å². The molecule has 1 amide bonds. The van der Waals surface area contributed by atoms with Gasteiger partial charge in [0, 0.05) is 6.42 Å². The smallest absolute Gasteiger partial charge is 0.220 e. The molecule has 3 rings (SSSR count). The minimum Gasteiger partial charge on any atom is -0.394 e. The van der Waals surface area contributed by atoms with E-state index >= 15 is 0 Å². The summed E-state index contributed by atoms with van der Waals surface area (Å²) in [6, 6.07) is 25.1. The lowest BCUT2D eigenvalue weighted by molar-refractivity contribution is -0.122. The second-order valence-electron chi connectivity index (χ2n) is 7.44. The second-order valence-corrected chi connectivity index (χ2v) is 7.44. The number of aliphatic hydroxyl groups excluding tert-OH is 1. The Kier molecular flexibility index (Phi) is 8.76. The number of hydrogen-bond donors (Lipinski definition) is 2. The van der Waals surface area contributed by atoms with Gasteiger partial charge in [-0.05, 0) is 41.7 Å². The second kappa shape index (κ2) is 12.0. The van der Waals surface area contributed by atoms with Gasteiger partial charge in [-0.1, -0.05) is 72.8 Å². The highest BCUT2D eigenvalue weighted by molar-refractivity contribution is 5.76. The van der Waals surface area contributed by atoms with E-state index in [1.54, 1.807) is 12.1 Å². The van der Waals surface area contributed by atoms with Gasteiger partial charge in [0.05, 0.1) is 25.4 Å². The van der Waals surface area contributed by atoms with Crippen LogP contribution in [0.15, 0.2) is 84.9 Å². The molecular weight excluding hydrogens is 393 g/mol. The van der Waals surface area contributed by atoms with Gasteiger partial charge < -0.3 is 15.2 Å². The fourth-order valence-corrected chi connectivity index (χ4v) is 3.43. The summed E-state index contributed by atoms with van der Waals surface area (Å²) >= 11 is 0. The molecule has 31 heavy (non-hydrogen) atoms. The summed E-state index contributed by atoms with van der Waals surface area (Å²) in [5.74, 6) is -0.412. The number of aliphatic hydroxyl groups is 1. The van der Waals surface area contributed by atoms with Gasteiger partial charge in [0.25, 0.3) is 0 Å². The summed E-state index contributed by atoms with van der Waals surface area (Å²) in [5, 5.41) is 12.5. The number of rotatable bonds is 11. The standard InChI is InChI=1S/C26H28FNO3/c27-23-16-14-22(15-17-23)25(31-19-20-8-3-1-4-9-20)12-7-13-26(30)28-24(18-29)21-10-5-2-6-11-21/h1-6,8-11,14-17,24-25,29H,7,12-13,18-19H2,(H,28,30)/t24-,25+/m1/s1. The topological polar surface area (TPSA) is 58.6 Å². The summed E-state index contributed by atoms with van der Waals surface area (Å²) in [7, 11) is 0. The van der Waals surface area contributed by atoms with E-state index in [-0.39, 0.29) is 24.4 Å². The van der Waals surface area contributed by atoms with Crippen LogP contribution in [0.3, 0.4) is 0 Å². The van der Waals surface area contributed by atoms with Crippen LogP contribution in [0.25, 0.3) is 0 Å². The molecule has 3 aromatic rings. The first kappa shape index (κ1) is 22.7. The average molecular weight is 422 g/mol. The van der Waals surface area contributed by atoms with Crippen molar-refractivity contribution in [3.05, 3.63) is 107 Å². The van der Waals surface area contributed by atoms with Gasteiger partial charge in [0.1, 0.15) is 5.82 Å². The Morgan fingerprint density at radius 3 is 2.19 bits per heavy atom. The molecule has 0 fully saturated rings. The van der Waals surface area contributed by atoms with Crippen molar-refractivity contribution in [3.63, 3.8) is 0 Å². The van der Waals surface area contributed by atoms with Crippen molar-refractivity contribution < 1.29 is 19.0 Å². The maximum Gasteiger partial charge on any atom is 0.220 e. The predicted molar refractivity (Wildman–Crippen MR) is 119 cm³/mol. The Morgan fingerprint density at radius 2 is 1.55 bits per heavy atom. The number of nitrogens with one attached hydrogen (secondary N) is 1. The largest absolute Gasteiger partial charge is 0.394 e. The molecule has 0 saturated carbocycles. The quantitative estimate of drug-likeness (QED) is 0.453. The fraction of sp³-hybridized carbons (Fsp3) is 0.269. The third kappa shape index (κ3) is 7.31. The van der Waals surface area contributed by atoms with Crippen molar-refractivity contribution in [1.82, 2.24) is 5.32 Å². The van der Waals surface area contributed by atoms with E-state index in [4.69, 9.17) is 4.74 Å². The Hall–Kier alpha value is -3.02. The number of benzene rings is 3. The van der Waals surface area contributed by atoms with E-state index in [1.807, 2.05) is 60.7 Å². The maximum absolute atomic E-state index is 13.3. The Labute approximate surface area is 182 Å². The zero-order chi connectivity index (χ0) is 21.9. The van der Waals surface area contributed by atoms with Crippen LogP contribution in [0.5, 0.6) is 0 Å². The molecule has 162 valence electrons. The molecule has 0 spiro atoms. The lowest BCUT2D eigenvalue weighted by Crippen LogP contribution is -2.30. The van der Waals surface area contributed by atoms with Crippen LogP contribution < -0.4 is 5.32 Å². The van der Waals surface area contributed by atoms with Gasteiger partial charge in [0.15, 0.2) is 0 Å². The molecule has 0 bridgehead atoms. The van der Waals surface area contributed by atoms with Crippen molar-refractivity contribution in [2.75, 3.05) is 6.61 Å². The lowest BCUT2D eigenvalue weighted by Gasteiger charge is -2.20. The molecule has 0 saturated heterocycles. The third-order valence-electron chi connectivity index (χ3n) is 5.13. The average Bonchev–Trinajstić information content (AvgIpc) is 2.81. The molecule has 0 aliphatic carbocycles. The molecule has 5 heteroatoms. The monoisotopic (exact) mass is 421 g/mol. The van der Waals surface area contributed by atoms with Crippen LogP contribution in [-0.4, -0.2) is 17.6 Å². The zero-order valence-electron chi connectivity index (χ0n) is 17.4. The highest BCUT2D eigenvalue weighted by atomic mass is 19.1. The van der Waals surface area contributed by atoms with E-state index in [0.29, 0.717) is 25.9 Å². The highest BCUT2D eigenvalue weighted by Gasteiger charge is 2.16. The number of halogens is 1. The minimum atomic E-state index is -0.420. The molecule has 2 N–H and O–H groups in total. The molecule has 0 aliphatic heterocycles. The van der Waals surface area contributed by atoms with Crippen molar-refractivity contribution >= 4 is 5.91 Å². The fourth-order valence-electron chi connectivity index (χ4n) is 3.43. The van der Waals surface area contributed by atoms with Gasteiger partial charge in [-0.3, -0.25) is 4.79 Å². The van der Waals surface area contributed by atoms with Gasteiger partial charge in [-0.2, -0.15) is 0 Å². The van der Waals surface area contributed by atoms with Crippen molar-refractivity contribution in [2.45, 2.75) is 38.0 Å². The molecule has 0 unspecified atom stereocenters. The number of carbonyl (C=O) groups excluding carboxylic acids is 1. The summed E-state index contributed by atoms with van der Waals surface area (Å²) in [5.41, 5.74) is 2.81. The molecule has 0 radical (unpaired) electrons. The first-order valence-corrected chi connectivity index (χ1v) is 10.5. The van der Waals surface area contributed by atoms with E-state index in [2.05, 4.69) is 5.32 Å². The van der Waals surface area contributed by atoms with Crippen LogP contribution >= 0.6 is 0 Å². The number of carbonyl (C=O) groups is 1. The molecular formula is C26H28FNO3. The van der Waals surface area contributed by atoms with E-state index < -0.39 is 6.04 Å². The van der Waals surface area contributed by atoms with Crippen LogP contribution in [0.2, 0.25) is 0 Å². The molecule has 0 aliphatic rings. The normalized spacial score (nSPS) is 12.8. The van der Waals surface area contributed by atoms with E-state index in [1.165, 1.54) is 12.1 Å². The van der Waals surface area contributed by atoms with Crippen LogP contribution in [-0.2, 0) is 16.1 Å². The third-order valence-corrected chi connectivity index (χ3v) is 5.13. The minimum absolute atomic E-state index is 0.121. The summed E-state index contributed by atoms with van der Waals surface area (Å²) in [6.07, 6.45) is 1.31.